The van der Waals surface area contributed by atoms with Crippen LogP contribution in [-0.2, 0) is 14.3 Å². The average molecular weight is 354 g/mol. The third-order valence-electron chi connectivity index (χ3n) is 5.52. The Hall–Kier alpha value is -1.26. The fourth-order valence-electron chi connectivity index (χ4n) is 4.15. The van der Waals surface area contributed by atoms with Crippen LogP contribution in [0.4, 0.5) is 4.79 Å². The first-order valence-electron chi connectivity index (χ1n) is 9.87. The highest BCUT2D eigenvalue weighted by atomic mass is 16.6. The maximum absolute atomic E-state index is 12.5. The first-order chi connectivity index (χ1) is 11.8. The quantitative estimate of drug-likeness (QED) is 0.697. The Labute approximate surface area is 152 Å². The highest BCUT2D eigenvalue weighted by Gasteiger charge is 2.38. The minimum atomic E-state index is -0.560. The van der Waals surface area contributed by atoms with Crippen LogP contribution in [0.3, 0.4) is 0 Å². The van der Waals surface area contributed by atoms with Crippen LogP contribution in [0.2, 0.25) is 0 Å². The molecule has 5 heteroatoms. The molecule has 1 amide bonds. The van der Waals surface area contributed by atoms with Crippen molar-refractivity contribution in [2.24, 2.45) is 11.8 Å². The van der Waals surface area contributed by atoms with Crippen molar-refractivity contribution in [3.05, 3.63) is 0 Å². The number of ether oxygens (including phenoxy) is 2. The van der Waals surface area contributed by atoms with Gasteiger partial charge in [0, 0.05) is 6.54 Å². The Morgan fingerprint density at radius 2 is 1.64 bits per heavy atom. The monoisotopic (exact) mass is 353 g/mol. The standard InChI is InChI=1S/C20H35NO4/c1-20(2,3)25-19(23)21-13-12-16(14-17(21)18(22)24-4)11-10-15-8-6-5-7-9-15/h15-17H,5-14H2,1-4H3/t16-,17-/m0/s1. The minimum absolute atomic E-state index is 0.326. The molecule has 0 spiro atoms. The van der Waals surface area contributed by atoms with Crippen LogP contribution in [0.25, 0.3) is 0 Å². The lowest BCUT2D eigenvalue weighted by atomic mass is 9.81. The van der Waals surface area contributed by atoms with Crippen molar-refractivity contribution in [1.29, 1.82) is 0 Å². The van der Waals surface area contributed by atoms with Gasteiger partial charge in [0.2, 0.25) is 0 Å². The van der Waals surface area contributed by atoms with Crippen molar-refractivity contribution in [2.45, 2.75) is 90.2 Å². The zero-order valence-corrected chi connectivity index (χ0v) is 16.4. The maximum Gasteiger partial charge on any atom is 0.411 e. The molecule has 2 fully saturated rings. The van der Waals surface area contributed by atoms with E-state index in [1.165, 1.54) is 45.6 Å². The number of amides is 1. The van der Waals surface area contributed by atoms with Crippen molar-refractivity contribution in [1.82, 2.24) is 4.90 Å². The second kappa shape index (κ2) is 8.91. The van der Waals surface area contributed by atoms with Crippen molar-refractivity contribution < 1.29 is 19.1 Å². The Kier molecular flexibility index (Phi) is 7.14. The fourth-order valence-corrected chi connectivity index (χ4v) is 4.15. The van der Waals surface area contributed by atoms with Crippen molar-refractivity contribution in [3.63, 3.8) is 0 Å². The number of rotatable bonds is 4. The summed E-state index contributed by atoms with van der Waals surface area (Å²) in [6, 6.07) is -0.509. The van der Waals surface area contributed by atoms with Gasteiger partial charge >= 0.3 is 12.1 Å². The van der Waals surface area contributed by atoms with Crippen LogP contribution in [-0.4, -0.2) is 42.3 Å². The molecule has 1 aliphatic carbocycles. The van der Waals surface area contributed by atoms with Crippen molar-refractivity contribution in [3.8, 4) is 0 Å². The summed E-state index contributed by atoms with van der Waals surface area (Å²) in [5, 5.41) is 0. The molecule has 0 aromatic rings. The number of likely N-dealkylation sites (tertiary alicyclic amines) is 1. The average Bonchev–Trinajstić information content (AvgIpc) is 2.58. The van der Waals surface area contributed by atoms with E-state index in [0.717, 1.165) is 18.8 Å². The molecule has 2 atom stereocenters. The zero-order chi connectivity index (χ0) is 18.4. The van der Waals surface area contributed by atoms with Crippen LogP contribution >= 0.6 is 0 Å². The molecule has 1 heterocycles. The van der Waals surface area contributed by atoms with Crippen LogP contribution in [0.1, 0.15) is 78.6 Å². The van der Waals surface area contributed by atoms with Crippen molar-refractivity contribution >= 4 is 12.1 Å². The molecule has 0 bridgehead atoms. The molecule has 1 saturated carbocycles. The Bertz CT molecular complexity index is 451. The summed E-state index contributed by atoms with van der Waals surface area (Å²) in [6.45, 7) is 6.10. The van der Waals surface area contributed by atoms with E-state index in [0.29, 0.717) is 18.9 Å². The summed E-state index contributed by atoms with van der Waals surface area (Å²) in [5.41, 5.74) is -0.560. The highest BCUT2D eigenvalue weighted by molar-refractivity contribution is 5.81. The molecule has 2 rings (SSSR count). The lowest BCUT2D eigenvalue weighted by molar-refractivity contribution is -0.149. The third kappa shape index (κ3) is 6.19. The molecule has 5 nitrogen and oxygen atoms in total. The number of hydrogen-bond acceptors (Lipinski definition) is 4. The van der Waals surface area contributed by atoms with Gasteiger partial charge in [-0.1, -0.05) is 44.9 Å². The summed E-state index contributed by atoms with van der Waals surface area (Å²) in [6.07, 6.45) is 10.5. The maximum atomic E-state index is 12.5. The molecule has 25 heavy (non-hydrogen) atoms. The molecule has 1 saturated heterocycles. The number of piperidine rings is 1. The largest absolute Gasteiger partial charge is 0.467 e. The van der Waals surface area contributed by atoms with E-state index in [4.69, 9.17) is 9.47 Å². The summed E-state index contributed by atoms with van der Waals surface area (Å²) < 4.78 is 10.4. The molecule has 0 unspecified atom stereocenters. The molecular weight excluding hydrogens is 318 g/mol. The zero-order valence-electron chi connectivity index (χ0n) is 16.4. The molecule has 0 radical (unpaired) electrons. The summed E-state index contributed by atoms with van der Waals surface area (Å²) in [5.74, 6) is 1.02. The first-order valence-corrected chi connectivity index (χ1v) is 9.87. The van der Waals surface area contributed by atoms with Gasteiger partial charge in [0.25, 0.3) is 0 Å². The van der Waals surface area contributed by atoms with E-state index in [2.05, 4.69) is 0 Å². The molecule has 0 aromatic carbocycles. The number of hydrogen-bond donors (Lipinski definition) is 0. The number of carbonyl (C=O) groups is 2. The van der Waals surface area contributed by atoms with E-state index >= 15 is 0 Å². The Balaban J connectivity index is 1.92. The SMILES string of the molecule is COC(=O)[C@@H]1C[C@@H](CCC2CCCCC2)CCN1C(=O)OC(C)(C)C. The van der Waals surface area contributed by atoms with Gasteiger partial charge in [0.1, 0.15) is 11.6 Å². The van der Waals surface area contributed by atoms with Crippen LogP contribution < -0.4 is 0 Å². The molecule has 2 aliphatic rings. The van der Waals surface area contributed by atoms with E-state index < -0.39 is 17.7 Å². The van der Waals surface area contributed by atoms with Gasteiger partial charge in [0.15, 0.2) is 0 Å². The molecular formula is C20H35NO4. The van der Waals surface area contributed by atoms with Crippen LogP contribution in [0, 0.1) is 11.8 Å². The van der Waals surface area contributed by atoms with Gasteiger partial charge in [-0.05, 0) is 45.4 Å². The normalized spacial score (nSPS) is 25.5. The van der Waals surface area contributed by atoms with Crippen LogP contribution in [0.15, 0.2) is 0 Å². The predicted octanol–water partition coefficient (Wildman–Crippen LogP) is 4.54. The second-order valence-corrected chi connectivity index (χ2v) is 8.68. The third-order valence-corrected chi connectivity index (χ3v) is 5.52. The molecule has 0 N–H and O–H groups in total. The summed E-state index contributed by atoms with van der Waals surface area (Å²) in [4.78, 5) is 26.2. The molecule has 0 aromatic heterocycles. The van der Waals surface area contributed by atoms with Crippen LogP contribution in [0.5, 0.6) is 0 Å². The van der Waals surface area contributed by atoms with Gasteiger partial charge in [0.05, 0.1) is 7.11 Å². The summed E-state index contributed by atoms with van der Waals surface area (Å²) in [7, 11) is 1.39. The van der Waals surface area contributed by atoms with Gasteiger partial charge in [-0.3, -0.25) is 4.90 Å². The van der Waals surface area contributed by atoms with Gasteiger partial charge in [-0.15, -0.1) is 0 Å². The van der Waals surface area contributed by atoms with Gasteiger partial charge in [-0.2, -0.15) is 0 Å². The molecule has 1 aliphatic heterocycles. The first kappa shape index (κ1) is 20.1. The topological polar surface area (TPSA) is 55.8 Å². The Morgan fingerprint density at radius 3 is 2.24 bits per heavy atom. The number of esters is 1. The van der Waals surface area contributed by atoms with Gasteiger partial charge in [-0.25, -0.2) is 9.59 Å². The lowest BCUT2D eigenvalue weighted by Crippen LogP contribution is -2.52. The Morgan fingerprint density at radius 1 is 1.00 bits per heavy atom. The summed E-state index contributed by atoms with van der Waals surface area (Å²) >= 11 is 0. The predicted molar refractivity (Wildman–Crippen MR) is 97.3 cm³/mol. The lowest BCUT2D eigenvalue weighted by Gasteiger charge is -2.38. The minimum Gasteiger partial charge on any atom is -0.467 e. The molecule has 144 valence electrons. The fraction of sp³-hybridized carbons (Fsp3) is 0.900. The van der Waals surface area contributed by atoms with Gasteiger partial charge < -0.3 is 9.47 Å². The number of carbonyl (C=O) groups excluding carboxylic acids is 2. The smallest absolute Gasteiger partial charge is 0.411 e. The highest BCUT2D eigenvalue weighted by Crippen LogP contribution is 2.33. The van der Waals surface area contributed by atoms with E-state index in [-0.39, 0.29) is 5.97 Å². The number of methoxy groups -OCH3 is 1. The van der Waals surface area contributed by atoms with Crippen molar-refractivity contribution in [2.75, 3.05) is 13.7 Å². The second-order valence-electron chi connectivity index (χ2n) is 8.68. The van der Waals surface area contributed by atoms with E-state index in [9.17, 15) is 9.59 Å². The van der Waals surface area contributed by atoms with E-state index in [1.54, 1.807) is 4.90 Å². The van der Waals surface area contributed by atoms with E-state index in [1.807, 2.05) is 20.8 Å². The number of nitrogens with zero attached hydrogens (tertiary/aromatic N) is 1.